The van der Waals surface area contributed by atoms with Crippen LogP contribution in [0.2, 0.25) is 0 Å². The summed E-state index contributed by atoms with van der Waals surface area (Å²) in [6.07, 6.45) is 0.328. The molecule has 2 aromatic carbocycles. The molecule has 0 radical (unpaired) electrons. The van der Waals surface area contributed by atoms with Gasteiger partial charge in [0.25, 0.3) is 0 Å². The summed E-state index contributed by atoms with van der Waals surface area (Å²) in [4.78, 5) is 19.8. The predicted molar refractivity (Wildman–Crippen MR) is 107 cm³/mol. The lowest BCUT2D eigenvalue weighted by Gasteiger charge is -2.27. The van der Waals surface area contributed by atoms with E-state index in [1.54, 1.807) is 42.5 Å². The highest BCUT2D eigenvalue weighted by molar-refractivity contribution is 7.89. The quantitative estimate of drug-likeness (QED) is 0.541. The van der Waals surface area contributed by atoms with Crippen LogP contribution in [0, 0.1) is 5.82 Å². The third kappa shape index (κ3) is 2.92. The first kappa shape index (κ1) is 18.6. The highest BCUT2D eigenvalue weighted by Gasteiger charge is 2.31. The minimum Gasteiger partial charge on any atom is -0.309 e. The molecule has 0 unspecified atom stereocenters. The predicted octanol–water partition coefficient (Wildman–Crippen LogP) is 1.97. The van der Waals surface area contributed by atoms with Crippen LogP contribution < -0.4 is 5.69 Å². The van der Waals surface area contributed by atoms with Gasteiger partial charge in [-0.25, -0.2) is 22.6 Å². The van der Waals surface area contributed by atoms with Crippen LogP contribution in [-0.4, -0.2) is 38.8 Å². The average molecular weight is 425 g/mol. The van der Waals surface area contributed by atoms with E-state index in [1.807, 2.05) is 0 Å². The molecule has 0 amide bonds. The molecular weight excluding hydrogens is 409 g/mol. The van der Waals surface area contributed by atoms with Gasteiger partial charge in [-0.05, 0) is 24.3 Å². The minimum absolute atomic E-state index is 0.0300. The Kier molecular flexibility index (Phi) is 4.26. The van der Waals surface area contributed by atoms with Crippen LogP contribution in [-0.2, 0) is 23.0 Å². The van der Waals surface area contributed by atoms with Gasteiger partial charge in [0.15, 0.2) is 11.5 Å². The van der Waals surface area contributed by atoms with Gasteiger partial charge in [-0.1, -0.05) is 30.3 Å². The summed E-state index contributed by atoms with van der Waals surface area (Å²) in [5, 5.41) is 4.15. The van der Waals surface area contributed by atoms with Gasteiger partial charge in [0.1, 0.15) is 5.82 Å². The van der Waals surface area contributed by atoms with E-state index in [0.29, 0.717) is 17.7 Å². The Bertz CT molecular complexity index is 1430. The van der Waals surface area contributed by atoms with Gasteiger partial charge in [0.05, 0.1) is 10.5 Å². The first-order valence-corrected chi connectivity index (χ1v) is 10.7. The Morgan fingerprint density at radius 3 is 2.53 bits per heavy atom. The van der Waals surface area contributed by atoms with Crippen molar-refractivity contribution in [2.75, 3.05) is 6.54 Å². The number of hydrogen-bond acceptors (Lipinski definition) is 5. The fourth-order valence-corrected chi connectivity index (χ4v) is 5.05. The van der Waals surface area contributed by atoms with Crippen LogP contribution in [0.5, 0.6) is 0 Å². The van der Waals surface area contributed by atoms with E-state index in [2.05, 4.69) is 15.1 Å². The summed E-state index contributed by atoms with van der Waals surface area (Å²) in [5.41, 5.74) is 1.05. The highest BCUT2D eigenvalue weighted by Crippen LogP contribution is 2.27. The smallest absolute Gasteiger partial charge is 0.309 e. The third-order valence-electron chi connectivity index (χ3n) is 5.13. The molecule has 0 bridgehead atoms. The van der Waals surface area contributed by atoms with Crippen molar-refractivity contribution in [2.24, 2.45) is 0 Å². The highest BCUT2D eigenvalue weighted by atomic mass is 32.2. The van der Waals surface area contributed by atoms with Crippen LogP contribution in [0.3, 0.4) is 0 Å². The number of hydrogen-bond donors (Lipinski definition) is 1. The molecule has 0 saturated heterocycles. The number of fused-ring (bicyclic) bond motifs is 3. The number of H-pyrrole nitrogens is 1. The van der Waals surface area contributed by atoms with Crippen molar-refractivity contribution in [1.29, 1.82) is 0 Å². The maximum Gasteiger partial charge on any atom is 0.348 e. The van der Waals surface area contributed by atoms with Gasteiger partial charge in [-0.2, -0.15) is 8.82 Å². The molecule has 30 heavy (non-hydrogen) atoms. The molecule has 0 spiro atoms. The topological polar surface area (TPSA) is 100 Å². The lowest BCUT2D eigenvalue weighted by Crippen LogP contribution is -2.38. The first-order valence-electron chi connectivity index (χ1n) is 9.26. The molecular formula is C20H16FN5O3S. The largest absolute Gasteiger partial charge is 0.348 e. The molecule has 2 aromatic heterocycles. The monoisotopic (exact) mass is 425 g/mol. The molecule has 4 aromatic rings. The van der Waals surface area contributed by atoms with Crippen molar-refractivity contribution >= 4 is 15.7 Å². The lowest BCUT2D eigenvalue weighted by molar-refractivity contribution is 0.387. The third-order valence-corrected chi connectivity index (χ3v) is 6.99. The second-order valence-corrected chi connectivity index (χ2v) is 8.88. The molecule has 3 heterocycles. The van der Waals surface area contributed by atoms with Gasteiger partial charge in [-0.3, -0.25) is 0 Å². The van der Waals surface area contributed by atoms with E-state index in [4.69, 9.17) is 0 Å². The number of rotatable bonds is 3. The normalized spacial score (nSPS) is 14.7. The molecule has 0 atom stereocenters. The zero-order valence-corrected chi connectivity index (χ0v) is 16.4. The number of aromatic nitrogens is 4. The van der Waals surface area contributed by atoms with Gasteiger partial charge in [0.2, 0.25) is 10.0 Å². The minimum atomic E-state index is -3.71. The van der Waals surface area contributed by atoms with Crippen molar-refractivity contribution in [3.05, 3.63) is 82.2 Å². The van der Waals surface area contributed by atoms with E-state index >= 15 is 0 Å². The van der Waals surface area contributed by atoms with Gasteiger partial charge < -0.3 is 4.98 Å². The fourth-order valence-electron chi connectivity index (χ4n) is 3.62. The molecule has 152 valence electrons. The van der Waals surface area contributed by atoms with Crippen molar-refractivity contribution in [3.63, 3.8) is 0 Å². The van der Waals surface area contributed by atoms with E-state index < -0.39 is 21.5 Å². The fraction of sp³-hybridized carbons (Fsp3) is 0.150. The number of nitrogens with zero attached hydrogens (tertiary/aromatic N) is 4. The van der Waals surface area contributed by atoms with Crippen molar-refractivity contribution < 1.29 is 12.8 Å². The SMILES string of the molecule is O=c1[nH]c2c(c3nc(-c4ccccc4F)nn13)CN(S(=O)(=O)c1ccccc1)CC2. The molecule has 8 nitrogen and oxygen atoms in total. The molecule has 1 N–H and O–H groups in total. The van der Waals surface area contributed by atoms with E-state index in [9.17, 15) is 17.6 Å². The summed E-state index contributed by atoms with van der Waals surface area (Å²) < 4.78 is 42.7. The van der Waals surface area contributed by atoms with E-state index in [0.717, 1.165) is 4.52 Å². The summed E-state index contributed by atoms with van der Waals surface area (Å²) in [6.45, 7) is 0.257. The number of halogens is 1. The Morgan fingerprint density at radius 1 is 1.03 bits per heavy atom. The average Bonchev–Trinajstić information content (AvgIpc) is 3.21. The number of nitrogens with one attached hydrogen (secondary N) is 1. The Balaban J connectivity index is 1.63. The zero-order chi connectivity index (χ0) is 20.9. The molecule has 0 fully saturated rings. The number of sulfonamides is 1. The lowest BCUT2D eigenvalue weighted by atomic mass is 10.1. The molecule has 5 rings (SSSR count). The van der Waals surface area contributed by atoms with Crippen LogP contribution in [0.4, 0.5) is 4.39 Å². The Hall–Kier alpha value is -3.37. The van der Waals surface area contributed by atoms with E-state index in [-0.39, 0.29) is 35.0 Å². The molecule has 1 aliphatic rings. The molecule has 0 aliphatic carbocycles. The standard InChI is InChI=1S/C20H16FN5O3S/c21-16-9-5-4-8-14(16)18-23-19-15-12-25(30(28,29)13-6-2-1-3-7-13)11-10-17(15)22-20(27)26(19)24-18/h1-9H,10-12H2,(H,22,27). The van der Waals surface area contributed by atoms with Crippen LogP contribution >= 0.6 is 0 Å². The number of benzene rings is 2. The Labute approximate surface area is 170 Å². The second-order valence-electron chi connectivity index (χ2n) is 6.94. The number of aromatic amines is 1. The van der Waals surface area contributed by atoms with Gasteiger partial charge in [0, 0.05) is 30.8 Å². The molecule has 10 heteroatoms. The van der Waals surface area contributed by atoms with Gasteiger partial charge >= 0.3 is 5.69 Å². The molecule has 0 saturated carbocycles. The maximum atomic E-state index is 14.2. The maximum absolute atomic E-state index is 14.2. The Morgan fingerprint density at radius 2 is 1.77 bits per heavy atom. The van der Waals surface area contributed by atoms with Crippen molar-refractivity contribution in [3.8, 4) is 11.4 Å². The summed E-state index contributed by atoms with van der Waals surface area (Å²) in [5.74, 6) is -0.443. The summed E-state index contributed by atoms with van der Waals surface area (Å²) in [6, 6.07) is 14.2. The van der Waals surface area contributed by atoms with Crippen molar-refractivity contribution in [2.45, 2.75) is 17.9 Å². The molecule has 1 aliphatic heterocycles. The van der Waals surface area contributed by atoms with E-state index in [1.165, 1.54) is 16.4 Å². The van der Waals surface area contributed by atoms with Gasteiger partial charge in [-0.15, -0.1) is 5.10 Å². The summed E-state index contributed by atoms with van der Waals surface area (Å²) >= 11 is 0. The van der Waals surface area contributed by atoms with Crippen molar-refractivity contribution in [1.82, 2.24) is 23.9 Å². The zero-order valence-electron chi connectivity index (χ0n) is 15.6. The van der Waals surface area contributed by atoms with Crippen LogP contribution in [0.25, 0.3) is 17.0 Å². The summed E-state index contributed by atoms with van der Waals surface area (Å²) in [7, 11) is -3.71. The second kappa shape index (κ2) is 6.85. The first-order chi connectivity index (χ1) is 14.4. The van der Waals surface area contributed by atoms with Crippen LogP contribution in [0.1, 0.15) is 11.3 Å². The van der Waals surface area contributed by atoms with Crippen LogP contribution in [0.15, 0.2) is 64.3 Å².